The lowest BCUT2D eigenvalue weighted by Crippen LogP contribution is -2.57. The molecule has 2 rings (SSSR count). The molecule has 2 amide bonds. The van der Waals surface area contributed by atoms with Gasteiger partial charge in [-0.1, -0.05) is 36.4 Å². The minimum Gasteiger partial charge on any atom is -0.351 e. The molecule has 0 aliphatic heterocycles. The van der Waals surface area contributed by atoms with Crippen LogP contribution in [0.15, 0.2) is 67.5 Å². The Kier molecular flexibility index (Phi) is 6.28. The molecule has 136 valence electrons. The zero-order valence-corrected chi connectivity index (χ0v) is 15.5. The smallest absolute Gasteiger partial charge is 0.255 e. The monoisotopic (exact) mass is 351 g/mol. The number of amides is 2. The van der Waals surface area contributed by atoms with Gasteiger partial charge in [0, 0.05) is 24.5 Å². The van der Waals surface area contributed by atoms with Crippen LogP contribution in [-0.4, -0.2) is 33.8 Å². The molecule has 1 heterocycles. The highest BCUT2D eigenvalue weighted by Gasteiger charge is 2.41. The predicted molar refractivity (Wildman–Crippen MR) is 103 cm³/mol. The van der Waals surface area contributed by atoms with Crippen molar-refractivity contribution in [1.29, 1.82) is 0 Å². The lowest BCUT2D eigenvalue weighted by molar-refractivity contribution is -0.131. The molecule has 1 N–H and O–H groups in total. The number of benzene rings is 1. The molecule has 0 fully saturated rings. The van der Waals surface area contributed by atoms with Gasteiger partial charge in [-0.3, -0.25) is 14.6 Å². The molecule has 1 atom stereocenters. The first-order valence-electron chi connectivity index (χ1n) is 8.57. The van der Waals surface area contributed by atoms with Crippen LogP contribution in [0.5, 0.6) is 0 Å². The maximum Gasteiger partial charge on any atom is 0.255 e. The summed E-state index contributed by atoms with van der Waals surface area (Å²) in [5, 5.41) is 2.80. The van der Waals surface area contributed by atoms with Gasteiger partial charge in [0.2, 0.25) is 5.91 Å². The van der Waals surface area contributed by atoms with Gasteiger partial charge in [0.05, 0.1) is 6.04 Å². The molecule has 0 spiro atoms. The van der Waals surface area contributed by atoms with Crippen LogP contribution in [-0.2, 0) is 4.79 Å². The first-order valence-corrected chi connectivity index (χ1v) is 8.57. The SMILES string of the molecule is C=CCNC(=O)C(C)(C)N(C(=O)c1ccncc1)C(C)c1ccccc1. The number of nitrogens with zero attached hydrogens (tertiary/aromatic N) is 2. The lowest BCUT2D eigenvalue weighted by atomic mass is 9.94. The van der Waals surface area contributed by atoms with E-state index >= 15 is 0 Å². The van der Waals surface area contributed by atoms with E-state index in [0.29, 0.717) is 12.1 Å². The van der Waals surface area contributed by atoms with Crippen molar-refractivity contribution >= 4 is 11.8 Å². The van der Waals surface area contributed by atoms with Gasteiger partial charge >= 0.3 is 0 Å². The molecule has 0 aliphatic rings. The van der Waals surface area contributed by atoms with E-state index in [9.17, 15) is 9.59 Å². The predicted octanol–water partition coefficient (Wildman–Crippen LogP) is 3.37. The summed E-state index contributed by atoms with van der Waals surface area (Å²) in [5.41, 5.74) is 0.394. The summed E-state index contributed by atoms with van der Waals surface area (Å²) in [5.74, 6) is -0.454. The van der Waals surface area contributed by atoms with Crippen LogP contribution in [0.2, 0.25) is 0 Å². The number of aromatic nitrogens is 1. The van der Waals surface area contributed by atoms with Gasteiger partial charge in [-0.05, 0) is 38.5 Å². The molecule has 0 saturated carbocycles. The van der Waals surface area contributed by atoms with Crippen LogP contribution in [0.1, 0.15) is 42.7 Å². The third-order valence-electron chi connectivity index (χ3n) is 4.38. The number of carbonyl (C=O) groups excluding carboxylic acids is 2. The van der Waals surface area contributed by atoms with E-state index in [1.54, 1.807) is 49.3 Å². The van der Waals surface area contributed by atoms with Gasteiger partial charge in [0.1, 0.15) is 5.54 Å². The van der Waals surface area contributed by atoms with Gasteiger partial charge in [0.15, 0.2) is 0 Å². The Morgan fingerprint density at radius 1 is 1.19 bits per heavy atom. The summed E-state index contributed by atoms with van der Waals surface area (Å²) in [4.78, 5) is 31.6. The van der Waals surface area contributed by atoms with Gasteiger partial charge in [-0.25, -0.2) is 0 Å². The maximum atomic E-state index is 13.3. The summed E-state index contributed by atoms with van der Waals surface area (Å²) in [6.07, 6.45) is 4.76. The highest BCUT2D eigenvalue weighted by atomic mass is 16.2. The highest BCUT2D eigenvalue weighted by Crippen LogP contribution is 2.30. The minimum absolute atomic E-state index is 0.220. The Labute approximate surface area is 154 Å². The van der Waals surface area contributed by atoms with Crippen LogP contribution in [0, 0.1) is 0 Å². The largest absolute Gasteiger partial charge is 0.351 e. The molecule has 1 aromatic carbocycles. The summed E-state index contributed by atoms with van der Waals surface area (Å²) in [6, 6.07) is 12.7. The van der Waals surface area contributed by atoms with Crippen molar-refractivity contribution in [2.45, 2.75) is 32.4 Å². The molecule has 0 saturated heterocycles. The maximum absolute atomic E-state index is 13.3. The van der Waals surface area contributed by atoms with E-state index in [4.69, 9.17) is 0 Å². The average molecular weight is 351 g/mol. The fraction of sp³-hybridized carbons (Fsp3) is 0.286. The Morgan fingerprint density at radius 2 is 1.81 bits per heavy atom. The second-order valence-corrected chi connectivity index (χ2v) is 6.56. The highest BCUT2D eigenvalue weighted by molar-refractivity contribution is 5.99. The van der Waals surface area contributed by atoms with Crippen molar-refractivity contribution in [2.75, 3.05) is 6.54 Å². The summed E-state index contributed by atoms with van der Waals surface area (Å²) in [7, 11) is 0. The van der Waals surface area contributed by atoms with Crippen LogP contribution < -0.4 is 5.32 Å². The fourth-order valence-electron chi connectivity index (χ4n) is 2.92. The van der Waals surface area contributed by atoms with Crippen LogP contribution in [0.4, 0.5) is 0 Å². The molecule has 0 aliphatic carbocycles. The van der Waals surface area contributed by atoms with E-state index in [1.165, 1.54) is 0 Å². The van der Waals surface area contributed by atoms with Crippen molar-refractivity contribution < 1.29 is 9.59 Å². The lowest BCUT2D eigenvalue weighted by Gasteiger charge is -2.41. The number of hydrogen-bond acceptors (Lipinski definition) is 3. The van der Waals surface area contributed by atoms with E-state index in [2.05, 4.69) is 16.9 Å². The Hall–Kier alpha value is -2.95. The summed E-state index contributed by atoms with van der Waals surface area (Å²) < 4.78 is 0. The molecule has 5 nitrogen and oxygen atoms in total. The summed E-state index contributed by atoms with van der Waals surface area (Å²) >= 11 is 0. The second kappa shape index (κ2) is 8.43. The molecule has 5 heteroatoms. The third-order valence-corrected chi connectivity index (χ3v) is 4.38. The van der Waals surface area contributed by atoms with Gasteiger partial charge in [-0.2, -0.15) is 0 Å². The van der Waals surface area contributed by atoms with Gasteiger partial charge in [-0.15, -0.1) is 6.58 Å². The summed E-state index contributed by atoms with van der Waals surface area (Å²) in [6.45, 7) is 9.40. The van der Waals surface area contributed by atoms with Crippen molar-refractivity contribution in [3.05, 3.63) is 78.6 Å². The quantitative estimate of drug-likeness (QED) is 0.778. The normalized spacial score (nSPS) is 12.1. The van der Waals surface area contributed by atoms with E-state index in [-0.39, 0.29) is 17.9 Å². The first-order chi connectivity index (χ1) is 12.4. The fourth-order valence-corrected chi connectivity index (χ4v) is 2.92. The average Bonchev–Trinajstić information content (AvgIpc) is 2.67. The van der Waals surface area contributed by atoms with E-state index in [0.717, 1.165) is 5.56 Å². The van der Waals surface area contributed by atoms with Crippen LogP contribution >= 0.6 is 0 Å². The van der Waals surface area contributed by atoms with E-state index < -0.39 is 5.54 Å². The molecule has 0 bridgehead atoms. The third kappa shape index (κ3) is 4.17. The number of rotatable bonds is 7. The standard InChI is InChI=1S/C21H25N3O2/c1-5-13-23-20(26)21(3,4)24(16(2)17-9-7-6-8-10-17)19(25)18-11-14-22-15-12-18/h5-12,14-16H,1,13H2,2-4H3,(H,23,26). The Balaban J connectivity index is 2.46. The van der Waals surface area contributed by atoms with Crippen molar-refractivity contribution in [1.82, 2.24) is 15.2 Å². The minimum atomic E-state index is -1.06. The molecule has 26 heavy (non-hydrogen) atoms. The number of nitrogens with one attached hydrogen (secondary N) is 1. The number of carbonyl (C=O) groups is 2. The van der Waals surface area contributed by atoms with Crippen LogP contribution in [0.3, 0.4) is 0 Å². The molecule has 0 radical (unpaired) electrons. The molecular weight excluding hydrogens is 326 g/mol. The van der Waals surface area contributed by atoms with Gasteiger partial charge in [0.25, 0.3) is 5.91 Å². The number of pyridine rings is 1. The first kappa shape index (κ1) is 19.4. The zero-order valence-electron chi connectivity index (χ0n) is 15.5. The molecule has 2 aromatic rings. The zero-order chi connectivity index (χ0) is 19.2. The van der Waals surface area contributed by atoms with Gasteiger partial charge < -0.3 is 10.2 Å². The van der Waals surface area contributed by atoms with Crippen molar-refractivity contribution in [2.24, 2.45) is 0 Å². The second-order valence-electron chi connectivity index (χ2n) is 6.56. The molecular formula is C21H25N3O2. The molecule has 1 aromatic heterocycles. The van der Waals surface area contributed by atoms with E-state index in [1.807, 2.05) is 37.3 Å². The Morgan fingerprint density at radius 3 is 2.38 bits per heavy atom. The topological polar surface area (TPSA) is 62.3 Å². The number of hydrogen-bond donors (Lipinski definition) is 1. The van der Waals surface area contributed by atoms with Crippen molar-refractivity contribution in [3.8, 4) is 0 Å². The molecule has 1 unspecified atom stereocenters. The van der Waals surface area contributed by atoms with Crippen LogP contribution in [0.25, 0.3) is 0 Å². The Bertz CT molecular complexity index is 757. The van der Waals surface area contributed by atoms with Crippen molar-refractivity contribution in [3.63, 3.8) is 0 Å².